The summed E-state index contributed by atoms with van der Waals surface area (Å²) in [6.45, 7) is 0.959. The Labute approximate surface area is 112 Å². The first-order chi connectivity index (χ1) is 9.07. The van der Waals surface area contributed by atoms with Gasteiger partial charge in [-0.3, -0.25) is 0 Å². The average molecular weight is 283 g/mol. The van der Waals surface area contributed by atoms with E-state index in [1.807, 2.05) is 4.90 Å². The standard InChI is InChI=1S/C11H17N5O2S/c12-15-9-7-10(14-11(13-9)8-1-2-8)16-3-5-19(17,18)6-4-16/h7-8H,1-6,12H2,(H,13,14,15). The number of nitrogens with one attached hydrogen (secondary N) is 1. The molecule has 0 bridgehead atoms. The van der Waals surface area contributed by atoms with E-state index in [1.54, 1.807) is 6.07 Å². The lowest BCUT2D eigenvalue weighted by Gasteiger charge is -2.28. The van der Waals surface area contributed by atoms with Crippen LogP contribution in [0.1, 0.15) is 24.6 Å². The second-order valence-corrected chi connectivity index (χ2v) is 7.33. The van der Waals surface area contributed by atoms with Gasteiger partial charge in [-0.2, -0.15) is 0 Å². The summed E-state index contributed by atoms with van der Waals surface area (Å²) in [5.74, 6) is 8.37. The minimum Gasteiger partial charge on any atom is -0.354 e. The van der Waals surface area contributed by atoms with E-state index in [1.165, 1.54) is 0 Å². The quantitative estimate of drug-likeness (QED) is 0.588. The average Bonchev–Trinajstić information content (AvgIpc) is 3.22. The van der Waals surface area contributed by atoms with Crippen molar-refractivity contribution >= 4 is 21.5 Å². The number of rotatable bonds is 3. The highest BCUT2D eigenvalue weighted by Gasteiger charge is 2.29. The van der Waals surface area contributed by atoms with Crippen LogP contribution in [-0.4, -0.2) is 43.0 Å². The van der Waals surface area contributed by atoms with Crippen LogP contribution in [0, 0.1) is 0 Å². The Morgan fingerprint density at radius 2 is 1.95 bits per heavy atom. The van der Waals surface area contributed by atoms with Gasteiger partial charge < -0.3 is 10.3 Å². The molecule has 1 aliphatic heterocycles. The Balaban J connectivity index is 1.85. The topological polar surface area (TPSA) is 101 Å². The van der Waals surface area contributed by atoms with Crippen molar-refractivity contribution in [3.8, 4) is 0 Å². The summed E-state index contributed by atoms with van der Waals surface area (Å²) in [6, 6.07) is 1.77. The SMILES string of the molecule is NNc1cc(N2CCS(=O)(=O)CC2)nc(C2CC2)n1. The third kappa shape index (κ3) is 2.79. The molecule has 0 unspecified atom stereocenters. The summed E-state index contributed by atoms with van der Waals surface area (Å²) in [7, 11) is -2.88. The lowest BCUT2D eigenvalue weighted by Crippen LogP contribution is -2.40. The third-order valence-corrected chi connectivity index (χ3v) is 5.10. The number of hydrogen-bond acceptors (Lipinski definition) is 7. The van der Waals surface area contributed by atoms with Gasteiger partial charge in [0.05, 0.1) is 11.5 Å². The van der Waals surface area contributed by atoms with Crippen molar-refractivity contribution in [2.24, 2.45) is 5.84 Å². The van der Waals surface area contributed by atoms with Gasteiger partial charge in [-0.1, -0.05) is 0 Å². The number of nitrogen functional groups attached to an aromatic ring is 1. The number of anilines is 2. The van der Waals surface area contributed by atoms with Crippen molar-refractivity contribution in [1.82, 2.24) is 9.97 Å². The zero-order chi connectivity index (χ0) is 13.5. The molecule has 2 fully saturated rings. The van der Waals surface area contributed by atoms with Gasteiger partial charge >= 0.3 is 0 Å². The highest BCUT2D eigenvalue weighted by Crippen LogP contribution is 2.39. The predicted molar refractivity (Wildman–Crippen MR) is 72.7 cm³/mol. The Hall–Kier alpha value is -1.41. The maximum absolute atomic E-state index is 11.4. The molecule has 104 valence electrons. The summed E-state index contributed by atoms with van der Waals surface area (Å²) in [5, 5.41) is 0. The Morgan fingerprint density at radius 3 is 2.53 bits per heavy atom. The van der Waals surface area contributed by atoms with E-state index in [0.29, 0.717) is 24.8 Å². The number of aromatic nitrogens is 2. The van der Waals surface area contributed by atoms with Crippen LogP contribution in [0.2, 0.25) is 0 Å². The molecule has 1 aromatic heterocycles. The molecule has 3 rings (SSSR count). The van der Waals surface area contributed by atoms with Crippen molar-refractivity contribution in [1.29, 1.82) is 0 Å². The van der Waals surface area contributed by atoms with Gasteiger partial charge in [0, 0.05) is 25.1 Å². The fraction of sp³-hybridized carbons (Fsp3) is 0.636. The van der Waals surface area contributed by atoms with E-state index in [0.717, 1.165) is 24.5 Å². The molecule has 19 heavy (non-hydrogen) atoms. The van der Waals surface area contributed by atoms with Crippen molar-refractivity contribution in [3.63, 3.8) is 0 Å². The van der Waals surface area contributed by atoms with Crippen LogP contribution in [-0.2, 0) is 9.84 Å². The summed E-state index contributed by atoms with van der Waals surface area (Å²) in [4.78, 5) is 10.9. The van der Waals surface area contributed by atoms with E-state index >= 15 is 0 Å². The molecule has 1 saturated heterocycles. The smallest absolute Gasteiger partial charge is 0.153 e. The minimum atomic E-state index is -2.88. The lowest BCUT2D eigenvalue weighted by atomic mass is 10.3. The van der Waals surface area contributed by atoms with Crippen LogP contribution in [0.15, 0.2) is 6.07 Å². The molecule has 2 aliphatic rings. The van der Waals surface area contributed by atoms with Crippen LogP contribution in [0.3, 0.4) is 0 Å². The van der Waals surface area contributed by atoms with Crippen molar-refractivity contribution in [2.75, 3.05) is 34.9 Å². The first-order valence-corrected chi connectivity index (χ1v) is 8.20. The van der Waals surface area contributed by atoms with Crippen LogP contribution >= 0.6 is 0 Å². The van der Waals surface area contributed by atoms with E-state index in [4.69, 9.17) is 5.84 Å². The number of nitrogens with two attached hydrogens (primary N) is 1. The Bertz CT molecular complexity index is 571. The molecule has 1 saturated carbocycles. The molecule has 0 amide bonds. The van der Waals surface area contributed by atoms with Gasteiger partial charge in [0.2, 0.25) is 0 Å². The normalized spacial score (nSPS) is 22.3. The van der Waals surface area contributed by atoms with Crippen LogP contribution in [0.5, 0.6) is 0 Å². The van der Waals surface area contributed by atoms with Crippen molar-refractivity contribution < 1.29 is 8.42 Å². The molecule has 3 N–H and O–H groups in total. The fourth-order valence-electron chi connectivity index (χ4n) is 2.15. The van der Waals surface area contributed by atoms with Crippen molar-refractivity contribution in [3.05, 3.63) is 11.9 Å². The number of sulfone groups is 1. The summed E-state index contributed by atoms with van der Waals surface area (Å²) >= 11 is 0. The van der Waals surface area contributed by atoms with Gasteiger partial charge in [-0.05, 0) is 12.8 Å². The van der Waals surface area contributed by atoms with Gasteiger partial charge in [-0.15, -0.1) is 0 Å². The predicted octanol–water partition coefficient (Wildman–Crippen LogP) is -0.126. The first kappa shape index (κ1) is 12.6. The third-order valence-electron chi connectivity index (χ3n) is 3.49. The van der Waals surface area contributed by atoms with E-state index < -0.39 is 9.84 Å². The molecule has 2 heterocycles. The van der Waals surface area contributed by atoms with E-state index in [2.05, 4.69) is 15.4 Å². The molecule has 0 aromatic carbocycles. The Kier molecular flexibility index (Phi) is 3.06. The molecule has 8 heteroatoms. The molecule has 7 nitrogen and oxygen atoms in total. The molecule has 0 radical (unpaired) electrons. The molecular weight excluding hydrogens is 266 g/mol. The van der Waals surface area contributed by atoms with Crippen LogP contribution in [0.4, 0.5) is 11.6 Å². The van der Waals surface area contributed by atoms with Gasteiger partial charge in [-0.25, -0.2) is 24.2 Å². The monoisotopic (exact) mass is 283 g/mol. The maximum Gasteiger partial charge on any atom is 0.153 e. The molecule has 1 aromatic rings. The summed E-state index contributed by atoms with van der Waals surface area (Å²) in [5.41, 5.74) is 2.55. The summed E-state index contributed by atoms with van der Waals surface area (Å²) in [6.07, 6.45) is 2.23. The van der Waals surface area contributed by atoms with Crippen LogP contribution < -0.4 is 16.2 Å². The van der Waals surface area contributed by atoms with E-state index in [9.17, 15) is 8.42 Å². The fourth-order valence-corrected chi connectivity index (χ4v) is 3.36. The largest absolute Gasteiger partial charge is 0.354 e. The van der Waals surface area contributed by atoms with Crippen LogP contribution in [0.25, 0.3) is 0 Å². The molecule has 0 spiro atoms. The van der Waals surface area contributed by atoms with Gasteiger partial charge in [0.1, 0.15) is 17.5 Å². The zero-order valence-electron chi connectivity index (χ0n) is 10.5. The lowest BCUT2D eigenvalue weighted by molar-refractivity contribution is 0.586. The number of hydrazine groups is 1. The Morgan fingerprint density at radius 1 is 1.26 bits per heavy atom. The second kappa shape index (κ2) is 4.61. The van der Waals surface area contributed by atoms with Gasteiger partial charge in [0.25, 0.3) is 0 Å². The second-order valence-electron chi connectivity index (χ2n) is 5.03. The zero-order valence-corrected chi connectivity index (χ0v) is 11.4. The minimum absolute atomic E-state index is 0.182. The summed E-state index contributed by atoms with van der Waals surface area (Å²) < 4.78 is 22.9. The van der Waals surface area contributed by atoms with E-state index in [-0.39, 0.29) is 11.5 Å². The number of hydrogen-bond donors (Lipinski definition) is 2. The highest BCUT2D eigenvalue weighted by molar-refractivity contribution is 7.91. The maximum atomic E-state index is 11.4. The molecular formula is C11H17N5O2S. The first-order valence-electron chi connectivity index (χ1n) is 6.38. The molecule has 1 aliphatic carbocycles. The highest BCUT2D eigenvalue weighted by atomic mass is 32.2. The number of nitrogens with zero attached hydrogens (tertiary/aromatic N) is 3. The molecule has 0 atom stereocenters. The van der Waals surface area contributed by atoms with Crippen molar-refractivity contribution in [2.45, 2.75) is 18.8 Å². The van der Waals surface area contributed by atoms with Gasteiger partial charge in [0.15, 0.2) is 9.84 Å².